The second-order valence-electron chi connectivity index (χ2n) is 7.83. The number of unbranched alkanes of at least 4 members (excludes halogenated alkanes) is 3. The average Bonchev–Trinajstić information content (AvgIpc) is 2.58. The quantitative estimate of drug-likeness (QED) is 0.531. The Labute approximate surface area is 139 Å². The minimum atomic E-state index is 0.984. The molecule has 0 aromatic rings. The topological polar surface area (TPSA) is 24.1 Å². The SMILES string of the molecule is C(CCCNCC1CCCCC1)CCNCC1CCCCC1. The van der Waals surface area contributed by atoms with Gasteiger partial charge in [0.1, 0.15) is 0 Å². The van der Waals surface area contributed by atoms with Crippen molar-refractivity contribution in [2.45, 2.75) is 89.9 Å². The van der Waals surface area contributed by atoms with Crippen molar-refractivity contribution in [3.8, 4) is 0 Å². The van der Waals surface area contributed by atoms with Gasteiger partial charge in [-0.2, -0.15) is 0 Å². The Morgan fingerprint density at radius 3 is 1.32 bits per heavy atom. The minimum absolute atomic E-state index is 0.984. The molecule has 0 aromatic heterocycles. The third kappa shape index (κ3) is 8.53. The van der Waals surface area contributed by atoms with Crippen molar-refractivity contribution in [2.24, 2.45) is 11.8 Å². The first-order valence-corrected chi connectivity index (χ1v) is 10.4. The monoisotopic (exact) mass is 308 g/mol. The summed E-state index contributed by atoms with van der Waals surface area (Å²) >= 11 is 0. The van der Waals surface area contributed by atoms with E-state index in [2.05, 4.69) is 10.6 Å². The number of rotatable bonds is 11. The van der Waals surface area contributed by atoms with Crippen LogP contribution >= 0.6 is 0 Å². The summed E-state index contributed by atoms with van der Waals surface area (Å²) in [5.74, 6) is 1.97. The summed E-state index contributed by atoms with van der Waals surface area (Å²) in [6, 6.07) is 0. The van der Waals surface area contributed by atoms with Crippen molar-refractivity contribution in [3.05, 3.63) is 0 Å². The number of hydrogen-bond acceptors (Lipinski definition) is 2. The minimum Gasteiger partial charge on any atom is -0.316 e. The van der Waals surface area contributed by atoms with Crippen LogP contribution in [0, 0.1) is 11.8 Å². The molecule has 0 bridgehead atoms. The molecule has 0 spiro atoms. The van der Waals surface area contributed by atoms with Crippen LogP contribution in [0.3, 0.4) is 0 Å². The lowest BCUT2D eigenvalue weighted by molar-refractivity contribution is 0.339. The van der Waals surface area contributed by atoms with Crippen LogP contribution in [0.15, 0.2) is 0 Å². The fourth-order valence-corrected chi connectivity index (χ4v) is 4.25. The highest BCUT2D eigenvalue weighted by Crippen LogP contribution is 2.23. The molecule has 0 aromatic carbocycles. The molecule has 0 radical (unpaired) electrons. The summed E-state index contributed by atoms with van der Waals surface area (Å²) < 4.78 is 0. The summed E-state index contributed by atoms with van der Waals surface area (Å²) in [5.41, 5.74) is 0. The third-order valence-electron chi connectivity index (χ3n) is 5.77. The zero-order valence-electron chi connectivity index (χ0n) is 14.9. The van der Waals surface area contributed by atoms with Gasteiger partial charge in [0.25, 0.3) is 0 Å². The summed E-state index contributed by atoms with van der Waals surface area (Å²) in [7, 11) is 0. The van der Waals surface area contributed by atoms with Crippen molar-refractivity contribution in [1.82, 2.24) is 10.6 Å². The molecule has 2 aliphatic carbocycles. The summed E-state index contributed by atoms with van der Waals surface area (Å²) in [4.78, 5) is 0. The van der Waals surface area contributed by atoms with Crippen LogP contribution in [-0.2, 0) is 0 Å². The lowest BCUT2D eigenvalue weighted by Gasteiger charge is -2.22. The van der Waals surface area contributed by atoms with Gasteiger partial charge in [0.05, 0.1) is 0 Å². The molecule has 2 N–H and O–H groups in total. The van der Waals surface area contributed by atoms with Gasteiger partial charge in [-0.05, 0) is 76.5 Å². The Morgan fingerprint density at radius 2 is 0.909 bits per heavy atom. The molecule has 2 aliphatic rings. The lowest BCUT2D eigenvalue weighted by Crippen LogP contribution is -2.26. The first kappa shape index (κ1) is 18.3. The van der Waals surface area contributed by atoms with E-state index >= 15 is 0 Å². The maximum Gasteiger partial charge on any atom is -0.00205 e. The Morgan fingerprint density at radius 1 is 0.500 bits per heavy atom. The Kier molecular flexibility index (Phi) is 10.3. The summed E-state index contributed by atoms with van der Waals surface area (Å²) in [6.07, 6.45) is 20.3. The van der Waals surface area contributed by atoms with E-state index in [-0.39, 0.29) is 0 Å². The highest BCUT2D eigenvalue weighted by Gasteiger charge is 2.13. The molecule has 0 unspecified atom stereocenters. The van der Waals surface area contributed by atoms with Crippen LogP contribution < -0.4 is 10.6 Å². The molecule has 0 heterocycles. The summed E-state index contributed by atoms with van der Waals surface area (Å²) in [5, 5.41) is 7.37. The highest BCUT2D eigenvalue weighted by atomic mass is 14.9. The van der Waals surface area contributed by atoms with Crippen LogP contribution in [0.25, 0.3) is 0 Å². The van der Waals surface area contributed by atoms with E-state index in [4.69, 9.17) is 0 Å². The maximum atomic E-state index is 3.68. The Hall–Kier alpha value is -0.0800. The van der Waals surface area contributed by atoms with E-state index in [0.717, 1.165) is 11.8 Å². The van der Waals surface area contributed by atoms with E-state index in [1.165, 1.54) is 116 Å². The van der Waals surface area contributed by atoms with Gasteiger partial charge in [-0.3, -0.25) is 0 Å². The van der Waals surface area contributed by atoms with Crippen LogP contribution in [0.1, 0.15) is 89.9 Å². The van der Waals surface area contributed by atoms with Crippen molar-refractivity contribution in [3.63, 3.8) is 0 Å². The molecule has 2 heteroatoms. The van der Waals surface area contributed by atoms with E-state index in [1.807, 2.05) is 0 Å². The highest BCUT2D eigenvalue weighted by molar-refractivity contribution is 4.69. The fourth-order valence-electron chi connectivity index (χ4n) is 4.25. The Balaban J connectivity index is 1.28. The molecule has 22 heavy (non-hydrogen) atoms. The average molecular weight is 309 g/mol. The number of hydrogen-bond donors (Lipinski definition) is 2. The van der Waals surface area contributed by atoms with Crippen LogP contribution in [0.5, 0.6) is 0 Å². The lowest BCUT2D eigenvalue weighted by atomic mass is 9.89. The van der Waals surface area contributed by atoms with Gasteiger partial charge in [-0.15, -0.1) is 0 Å². The predicted octanol–water partition coefficient (Wildman–Crippen LogP) is 4.89. The van der Waals surface area contributed by atoms with Gasteiger partial charge in [0, 0.05) is 0 Å². The molecular weight excluding hydrogens is 268 g/mol. The molecule has 0 aliphatic heterocycles. The molecule has 0 atom stereocenters. The van der Waals surface area contributed by atoms with Gasteiger partial charge in [-0.1, -0.05) is 51.4 Å². The molecule has 2 rings (SSSR count). The van der Waals surface area contributed by atoms with Gasteiger partial charge >= 0.3 is 0 Å². The normalized spacial score (nSPS) is 21.3. The second-order valence-corrected chi connectivity index (χ2v) is 7.83. The largest absolute Gasteiger partial charge is 0.316 e. The van der Waals surface area contributed by atoms with Gasteiger partial charge in [0.2, 0.25) is 0 Å². The van der Waals surface area contributed by atoms with Crippen LogP contribution in [0.4, 0.5) is 0 Å². The van der Waals surface area contributed by atoms with Gasteiger partial charge in [0.15, 0.2) is 0 Å². The van der Waals surface area contributed by atoms with Crippen molar-refractivity contribution in [2.75, 3.05) is 26.2 Å². The smallest absolute Gasteiger partial charge is 0.00205 e. The first-order valence-electron chi connectivity index (χ1n) is 10.4. The predicted molar refractivity (Wildman–Crippen MR) is 97.4 cm³/mol. The van der Waals surface area contributed by atoms with E-state index in [9.17, 15) is 0 Å². The van der Waals surface area contributed by atoms with E-state index in [0.29, 0.717) is 0 Å². The molecule has 2 nitrogen and oxygen atoms in total. The second kappa shape index (κ2) is 12.4. The van der Waals surface area contributed by atoms with Crippen molar-refractivity contribution in [1.29, 1.82) is 0 Å². The van der Waals surface area contributed by atoms with E-state index < -0.39 is 0 Å². The third-order valence-corrected chi connectivity index (χ3v) is 5.77. The zero-order chi connectivity index (χ0) is 15.3. The number of nitrogens with one attached hydrogen (secondary N) is 2. The Bertz CT molecular complexity index is 216. The molecule has 2 saturated carbocycles. The van der Waals surface area contributed by atoms with Crippen LogP contribution in [0.2, 0.25) is 0 Å². The maximum absolute atomic E-state index is 3.68. The molecule has 130 valence electrons. The molecule has 2 fully saturated rings. The first-order chi connectivity index (χ1) is 10.9. The van der Waals surface area contributed by atoms with Crippen LogP contribution in [-0.4, -0.2) is 26.2 Å². The van der Waals surface area contributed by atoms with E-state index in [1.54, 1.807) is 0 Å². The molecule has 0 amide bonds. The molecule has 0 saturated heterocycles. The molecular formula is C20H40N2. The van der Waals surface area contributed by atoms with Crippen molar-refractivity contribution >= 4 is 0 Å². The summed E-state index contributed by atoms with van der Waals surface area (Å²) in [6.45, 7) is 5.05. The fraction of sp³-hybridized carbons (Fsp3) is 1.00. The zero-order valence-corrected chi connectivity index (χ0v) is 14.9. The van der Waals surface area contributed by atoms with Gasteiger partial charge in [-0.25, -0.2) is 0 Å². The van der Waals surface area contributed by atoms with Gasteiger partial charge < -0.3 is 10.6 Å². The standard InChI is InChI=1S/C20H40N2/c1(9-15-21-17-19-11-5-3-6-12-19)2-10-16-22-18-20-13-7-4-8-14-20/h19-22H,1-18H2. The van der Waals surface area contributed by atoms with Crippen molar-refractivity contribution < 1.29 is 0 Å².